The van der Waals surface area contributed by atoms with E-state index in [1.54, 1.807) is 0 Å². The van der Waals surface area contributed by atoms with Gasteiger partial charge in [-0.3, -0.25) is 4.84 Å². The first-order chi connectivity index (χ1) is 8.42. The van der Waals surface area contributed by atoms with Crippen LogP contribution in [-0.2, 0) is 11.4 Å². The summed E-state index contributed by atoms with van der Waals surface area (Å²) in [5, 5.41) is 0. The van der Waals surface area contributed by atoms with Crippen molar-refractivity contribution in [2.24, 2.45) is 17.8 Å². The molecule has 0 aliphatic heterocycles. The van der Waals surface area contributed by atoms with Gasteiger partial charge >= 0.3 is 0 Å². The number of nitrogens with one attached hydrogen (secondary N) is 1. The minimum atomic E-state index is 0.650. The Morgan fingerprint density at radius 3 is 2.71 bits per heavy atom. The van der Waals surface area contributed by atoms with E-state index in [1.165, 1.54) is 18.4 Å². The van der Waals surface area contributed by atoms with Crippen molar-refractivity contribution in [3.63, 3.8) is 0 Å². The SMILES string of the molecule is C1=CC2CC1CC2CNOCc1ccccc1. The van der Waals surface area contributed by atoms with Crippen LogP contribution in [0, 0.1) is 17.8 Å². The normalized spacial score (nSPS) is 30.0. The Morgan fingerprint density at radius 1 is 1.12 bits per heavy atom. The molecule has 0 heterocycles. The molecule has 3 atom stereocenters. The van der Waals surface area contributed by atoms with E-state index in [9.17, 15) is 0 Å². The number of hydroxylamine groups is 1. The van der Waals surface area contributed by atoms with Crippen LogP contribution in [0.15, 0.2) is 42.5 Å². The van der Waals surface area contributed by atoms with E-state index in [2.05, 4.69) is 29.8 Å². The summed E-state index contributed by atoms with van der Waals surface area (Å²) in [6.45, 7) is 1.63. The van der Waals surface area contributed by atoms with E-state index in [-0.39, 0.29) is 0 Å². The smallest absolute Gasteiger partial charge is 0.0933 e. The van der Waals surface area contributed by atoms with E-state index in [1.807, 2.05) is 18.2 Å². The molecule has 3 rings (SSSR count). The molecule has 0 aromatic heterocycles. The zero-order chi connectivity index (χ0) is 11.5. The molecule has 0 amide bonds. The second kappa shape index (κ2) is 5.03. The van der Waals surface area contributed by atoms with Gasteiger partial charge in [0.25, 0.3) is 0 Å². The summed E-state index contributed by atoms with van der Waals surface area (Å²) < 4.78 is 0. The lowest BCUT2D eigenvalue weighted by atomic mass is 9.94. The third kappa shape index (κ3) is 2.59. The largest absolute Gasteiger partial charge is 0.297 e. The van der Waals surface area contributed by atoms with Gasteiger partial charge in [-0.15, -0.1) is 0 Å². The van der Waals surface area contributed by atoms with Crippen molar-refractivity contribution in [2.45, 2.75) is 19.4 Å². The van der Waals surface area contributed by atoms with Gasteiger partial charge < -0.3 is 0 Å². The summed E-state index contributed by atoms with van der Waals surface area (Å²) in [4.78, 5) is 5.52. The van der Waals surface area contributed by atoms with Crippen molar-refractivity contribution in [1.82, 2.24) is 5.48 Å². The highest BCUT2D eigenvalue weighted by Crippen LogP contribution is 2.42. The average molecular weight is 229 g/mol. The van der Waals surface area contributed by atoms with Crippen LogP contribution in [0.1, 0.15) is 18.4 Å². The molecule has 3 unspecified atom stereocenters. The van der Waals surface area contributed by atoms with Gasteiger partial charge in [-0.05, 0) is 36.2 Å². The fraction of sp³-hybridized carbons (Fsp3) is 0.467. The minimum absolute atomic E-state index is 0.650. The molecule has 1 aromatic rings. The number of allylic oxidation sites excluding steroid dienone is 2. The van der Waals surface area contributed by atoms with Crippen molar-refractivity contribution in [2.75, 3.05) is 6.54 Å². The monoisotopic (exact) mass is 229 g/mol. The van der Waals surface area contributed by atoms with Crippen molar-refractivity contribution in [3.05, 3.63) is 48.0 Å². The number of rotatable bonds is 5. The van der Waals surface area contributed by atoms with E-state index < -0.39 is 0 Å². The molecule has 0 saturated heterocycles. The zero-order valence-corrected chi connectivity index (χ0v) is 10.0. The van der Waals surface area contributed by atoms with Crippen LogP contribution in [0.25, 0.3) is 0 Å². The third-order valence-corrected chi connectivity index (χ3v) is 3.95. The number of hydrogen-bond donors (Lipinski definition) is 1. The number of fused-ring (bicyclic) bond motifs is 2. The first-order valence-corrected chi connectivity index (χ1v) is 6.49. The Bertz CT molecular complexity index is 387. The summed E-state index contributed by atoms with van der Waals surface area (Å²) in [5.74, 6) is 2.43. The van der Waals surface area contributed by atoms with Gasteiger partial charge in [0, 0.05) is 6.54 Å². The molecule has 1 aromatic carbocycles. The van der Waals surface area contributed by atoms with Crippen LogP contribution in [0.2, 0.25) is 0 Å². The van der Waals surface area contributed by atoms with Crippen LogP contribution < -0.4 is 5.48 Å². The topological polar surface area (TPSA) is 21.3 Å². The van der Waals surface area contributed by atoms with Gasteiger partial charge in [0.1, 0.15) is 0 Å². The predicted octanol–water partition coefficient (Wildman–Crippen LogP) is 2.92. The maximum absolute atomic E-state index is 5.52. The molecule has 2 nitrogen and oxygen atoms in total. The highest BCUT2D eigenvalue weighted by molar-refractivity contribution is 5.13. The first kappa shape index (κ1) is 11.0. The lowest BCUT2D eigenvalue weighted by molar-refractivity contribution is 0.0175. The molecular formula is C15H19NO. The van der Waals surface area contributed by atoms with Gasteiger partial charge in [-0.25, -0.2) is 5.48 Å². The molecular weight excluding hydrogens is 210 g/mol. The van der Waals surface area contributed by atoms with Gasteiger partial charge in [0.05, 0.1) is 6.61 Å². The average Bonchev–Trinajstić information content (AvgIpc) is 2.98. The van der Waals surface area contributed by atoms with Crippen LogP contribution in [0.4, 0.5) is 0 Å². The van der Waals surface area contributed by atoms with Crippen molar-refractivity contribution < 1.29 is 4.84 Å². The standard InChI is InChI=1S/C15H19NO/c1-2-4-12(5-3-1)11-17-16-10-15-9-13-6-7-14(15)8-13/h1-7,13-16H,8-11H2. The molecule has 1 N–H and O–H groups in total. The Labute approximate surface area is 103 Å². The molecule has 1 saturated carbocycles. The van der Waals surface area contributed by atoms with E-state index in [4.69, 9.17) is 4.84 Å². The summed E-state index contributed by atoms with van der Waals surface area (Å²) in [7, 11) is 0. The molecule has 90 valence electrons. The van der Waals surface area contributed by atoms with E-state index in [0.717, 1.165) is 24.3 Å². The zero-order valence-electron chi connectivity index (χ0n) is 10.0. The van der Waals surface area contributed by atoms with Crippen LogP contribution in [0.3, 0.4) is 0 Å². The Kier molecular flexibility index (Phi) is 3.25. The van der Waals surface area contributed by atoms with Gasteiger partial charge in [0.2, 0.25) is 0 Å². The van der Waals surface area contributed by atoms with Gasteiger partial charge in [0.15, 0.2) is 0 Å². The van der Waals surface area contributed by atoms with Crippen LogP contribution in [-0.4, -0.2) is 6.54 Å². The first-order valence-electron chi connectivity index (χ1n) is 6.49. The Hall–Kier alpha value is -1.12. The minimum Gasteiger partial charge on any atom is -0.297 e. The molecule has 1 fully saturated rings. The molecule has 2 aliphatic carbocycles. The molecule has 2 aliphatic rings. The second-order valence-electron chi connectivity index (χ2n) is 5.16. The molecule has 0 radical (unpaired) electrons. The van der Waals surface area contributed by atoms with Crippen molar-refractivity contribution in [3.8, 4) is 0 Å². The van der Waals surface area contributed by atoms with E-state index in [0.29, 0.717) is 6.61 Å². The van der Waals surface area contributed by atoms with E-state index >= 15 is 0 Å². The summed E-state index contributed by atoms with van der Waals surface area (Å²) in [6, 6.07) is 10.3. The quantitative estimate of drug-likeness (QED) is 0.476. The Balaban J connectivity index is 1.37. The molecule has 0 spiro atoms. The summed E-state index contributed by atoms with van der Waals surface area (Å²) in [5.41, 5.74) is 4.34. The number of hydrogen-bond acceptors (Lipinski definition) is 2. The van der Waals surface area contributed by atoms with Crippen LogP contribution >= 0.6 is 0 Å². The van der Waals surface area contributed by atoms with Crippen molar-refractivity contribution in [1.29, 1.82) is 0 Å². The van der Waals surface area contributed by atoms with Gasteiger partial charge in [-0.2, -0.15) is 0 Å². The molecule has 2 heteroatoms. The lowest BCUT2D eigenvalue weighted by Crippen LogP contribution is -2.25. The molecule has 2 bridgehead atoms. The Morgan fingerprint density at radius 2 is 2.00 bits per heavy atom. The molecule has 17 heavy (non-hydrogen) atoms. The second-order valence-corrected chi connectivity index (χ2v) is 5.16. The van der Waals surface area contributed by atoms with Crippen molar-refractivity contribution >= 4 is 0 Å². The summed E-state index contributed by atoms with van der Waals surface area (Å²) >= 11 is 0. The predicted molar refractivity (Wildman–Crippen MR) is 68.1 cm³/mol. The third-order valence-electron chi connectivity index (χ3n) is 3.95. The highest BCUT2D eigenvalue weighted by Gasteiger charge is 2.35. The lowest BCUT2D eigenvalue weighted by Gasteiger charge is -2.18. The van der Waals surface area contributed by atoms with Crippen LogP contribution in [0.5, 0.6) is 0 Å². The number of benzene rings is 1. The highest BCUT2D eigenvalue weighted by atomic mass is 16.6. The maximum atomic E-state index is 5.52. The van der Waals surface area contributed by atoms with Gasteiger partial charge in [-0.1, -0.05) is 42.5 Å². The summed E-state index contributed by atoms with van der Waals surface area (Å²) in [6.07, 6.45) is 7.47. The fourth-order valence-electron chi connectivity index (χ4n) is 3.00. The maximum Gasteiger partial charge on any atom is 0.0933 e. The fourth-order valence-corrected chi connectivity index (χ4v) is 3.00.